The van der Waals surface area contributed by atoms with Crippen molar-refractivity contribution in [3.05, 3.63) is 34.3 Å². The molecule has 2 saturated heterocycles. The Morgan fingerprint density at radius 2 is 1.72 bits per heavy atom. The number of imide groups is 1. The van der Waals surface area contributed by atoms with E-state index in [4.69, 9.17) is 9.47 Å². The number of ether oxygens (including phenoxy) is 2. The Hall–Kier alpha value is -2.68. The highest BCUT2D eigenvalue weighted by Crippen LogP contribution is 2.50. The summed E-state index contributed by atoms with van der Waals surface area (Å²) in [5, 5.41) is 0. The number of carbonyl (C=O) groups is 4. The quantitative estimate of drug-likeness (QED) is 0.384. The number of halogens is 1. The van der Waals surface area contributed by atoms with Gasteiger partial charge in [0.2, 0.25) is 11.8 Å². The Morgan fingerprint density at radius 1 is 1.10 bits per heavy atom. The predicted molar refractivity (Wildman–Crippen MR) is 105 cm³/mol. The number of benzene rings is 1. The SMILES string of the molecule is COC(=O)C1(C(=O)OC)C[C@@H](N2C(=O)CCC2=O)N2c3ccc(Br)cc3C=C[C@@H]21. The fourth-order valence-electron chi connectivity index (χ4n) is 4.58. The molecule has 3 aliphatic heterocycles. The molecule has 1 aromatic carbocycles. The van der Waals surface area contributed by atoms with Crippen molar-refractivity contribution in [3.8, 4) is 0 Å². The van der Waals surface area contributed by atoms with Crippen LogP contribution in [0.3, 0.4) is 0 Å². The second-order valence-corrected chi connectivity index (χ2v) is 8.13. The summed E-state index contributed by atoms with van der Waals surface area (Å²) in [5.74, 6) is -2.16. The lowest BCUT2D eigenvalue weighted by Crippen LogP contribution is -2.53. The molecule has 29 heavy (non-hydrogen) atoms. The van der Waals surface area contributed by atoms with Gasteiger partial charge in [0.1, 0.15) is 6.17 Å². The highest BCUT2D eigenvalue weighted by Gasteiger charge is 2.65. The number of methoxy groups -OCH3 is 2. The molecule has 3 aliphatic rings. The minimum absolute atomic E-state index is 0.103. The third-order valence-corrected chi connectivity index (χ3v) is 6.34. The minimum atomic E-state index is -1.70. The fourth-order valence-corrected chi connectivity index (χ4v) is 4.96. The van der Waals surface area contributed by atoms with Crippen LogP contribution in [-0.4, -0.2) is 55.1 Å². The lowest BCUT2D eigenvalue weighted by molar-refractivity contribution is -0.169. The predicted octanol–water partition coefficient (Wildman–Crippen LogP) is 1.86. The number of fused-ring (bicyclic) bond motifs is 3. The van der Waals surface area contributed by atoms with E-state index in [0.717, 1.165) is 10.0 Å². The van der Waals surface area contributed by atoms with Gasteiger partial charge in [-0.05, 0) is 23.8 Å². The maximum absolute atomic E-state index is 12.9. The molecule has 0 radical (unpaired) electrons. The van der Waals surface area contributed by atoms with Crippen LogP contribution in [0.15, 0.2) is 28.7 Å². The number of nitrogens with zero attached hydrogens (tertiary/aromatic N) is 2. The number of likely N-dealkylation sites (tertiary alicyclic amines) is 1. The number of amides is 2. The smallest absolute Gasteiger partial charge is 0.325 e. The third kappa shape index (κ3) is 2.71. The lowest BCUT2D eigenvalue weighted by Gasteiger charge is -2.39. The molecule has 2 amide bonds. The molecule has 4 rings (SSSR count). The highest BCUT2D eigenvalue weighted by molar-refractivity contribution is 9.10. The number of carbonyl (C=O) groups excluding carboxylic acids is 4. The van der Waals surface area contributed by atoms with E-state index in [1.807, 2.05) is 24.3 Å². The molecule has 0 N–H and O–H groups in total. The van der Waals surface area contributed by atoms with E-state index in [2.05, 4.69) is 15.9 Å². The number of rotatable bonds is 3. The molecule has 0 bridgehead atoms. The van der Waals surface area contributed by atoms with Crippen LogP contribution < -0.4 is 4.90 Å². The van der Waals surface area contributed by atoms with E-state index in [9.17, 15) is 19.2 Å². The second kappa shape index (κ2) is 6.98. The summed E-state index contributed by atoms with van der Waals surface area (Å²) in [6.45, 7) is 0. The van der Waals surface area contributed by atoms with Crippen molar-refractivity contribution in [2.75, 3.05) is 19.1 Å². The van der Waals surface area contributed by atoms with Crippen molar-refractivity contribution in [3.63, 3.8) is 0 Å². The first kappa shape index (κ1) is 19.6. The molecule has 1 aromatic rings. The van der Waals surface area contributed by atoms with Crippen LogP contribution in [0, 0.1) is 5.41 Å². The van der Waals surface area contributed by atoms with Crippen molar-refractivity contribution in [2.24, 2.45) is 5.41 Å². The molecular weight excluding hydrogens is 444 g/mol. The molecule has 2 atom stereocenters. The zero-order valence-corrected chi connectivity index (χ0v) is 17.5. The van der Waals surface area contributed by atoms with Crippen molar-refractivity contribution in [1.82, 2.24) is 4.90 Å². The average Bonchev–Trinajstić information content (AvgIpc) is 3.23. The van der Waals surface area contributed by atoms with Crippen molar-refractivity contribution in [2.45, 2.75) is 31.5 Å². The van der Waals surface area contributed by atoms with Crippen molar-refractivity contribution in [1.29, 1.82) is 0 Å². The van der Waals surface area contributed by atoms with E-state index in [1.165, 1.54) is 19.1 Å². The van der Waals surface area contributed by atoms with Gasteiger partial charge in [-0.15, -0.1) is 0 Å². The first-order chi connectivity index (χ1) is 13.8. The van der Waals surface area contributed by atoms with E-state index < -0.39 is 29.6 Å². The number of hydrogen-bond acceptors (Lipinski definition) is 7. The van der Waals surface area contributed by atoms with Crippen molar-refractivity contribution < 1.29 is 28.7 Å². The maximum atomic E-state index is 12.9. The molecule has 0 unspecified atom stereocenters. The summed E-state index contributed by atoms with van der Waals surface area (Å²) >= 11 is 3.44. The lowest BCUT2D eigenvalue weighted by atomic mass is 9.78. The van der Waals surface area contributed by atoms with Gasteiger partial charge in [0.05, 0.1) is 20.3 Å². The van der Waals surface area contributed by atoms with Crippen LogP contribution >= 0.6 is 15.9 Å². The van der Waals surface area contributed by atoms with Crippen LogP contribution in [0.25, 0.3) is 6.08 Å². The standard InChI is InChI=1S/C20H19BrN2O6/c1-28-18(26)20(19(27)29-2)10-15(23-16(24)7-8-17(23)25)22-13-5-4-12(21)9-11(13)3-6-14(20)22/h3-6,9,14-15H,7-8,10H2,1-2H3/t14-,15-/m1/s1. The fraction of sp³-hybridized carbons (Fsp3) is 0.400. The van der Waals surface area contributed by atoms with Gasteiger partial charge in [-0.3, -0.25) is 24.1 Å². The molecule has 0 spiro atoms. The topological polar surface area (TPSA) is 93.2 Å². The Kier molecular flexibility index (Phi) is 4.72. The van der Waals surface area contributed by atoms with E-state index in [0.29, 0.717) is 5.69 Å². The summed E-state index contributed by atoms with van der Waals surface area (Å²) in [5.41, 5.74) is -0.142. The van der Waals surface area contributed by atoms with Crippen LogP contribution in [0.5, 0.6) is 0 Å². The summed E-state index contributed by atoms with van der Waals surface area (Å²) < 4.78 is 10.8. The first-order valence-electron chi connectivity index (χ1n) is 9.13. The van der Waals surface area contributed by atoms with E-state index >= 15 is 0 Å². The summed E-state index contributed by atoms with van der Waals surface area (Å²) in [6.07, 6.45) is 2.87. The molecular formula is C20H19BrN2O6. The van der Waals surface area contributed by atoms with Gasteiger partial charge in [0.15, 0.2) is 5.41 Å². The van der Waals surface area contributed by atoms with Crippen LogP contribution in [0.2, 0.25) is 0 Å². The number of esters is 2. The molecule has 152 valence electrons. The third-order valence-electron chi connectivity index (χ3n) is 5.84. The minimum Gasteiger partial charge on any atom is -0.468 e. The van der Waals surface area contributed by atoms with Gasteiger partial charge in [-0.25, -0.2) is 0 Å². The van der Waals surface area contributed by atoms with Crippen LogP contribution in [0.4, 0.5) is 5.69 Å². The second-order valence-electron chi connectivity index (χ2n) is 7.21. The number of anilines is 1. The monoisotopic (exact) mass is 462 g/mol. The zero-order chi connectivity index (χ0) is 20.9. The molecule has 0 aromatic heterocycles. The zero-order valence-electron chi connectivity index (χ0n) is 15.9. The first-order valence-corrected chi connectivity index (χ1v) is 9.92. The highest BCUT2D eigenvalue weighted by atomic mass is 79.9. The molecule has 2 fully saturated rings. The Balaban J connectivity index is 1.92. The van der Waals surface area contributed by atoms with Gasteiger partial charge in [-0.2, -0.15) is 0 Å². The van der Waals surface area contributed by atoms with Gasteiger partial charge < -0.3 is 14.4 Å². The van der Waals surface area contributed by atoms with E-state index in [-0.39, 0.29) is 31.1 Å². The maximum Gasteiger partial charge on any atom is 0.325 e. The Labute approximate surface area is 175 Å². The van der Waals surface area contributed by atoms with Gasteiger partial charge in [0.25, 0.3) is 0 Å². The normalized spacial score (nSPS) is 24.4. The molecule has 0 saturated carbocycles. The Morgan fingerprint density at radius 3 is 2.31 bits per heavy atom. The molecule has 8 nitrogen and oxygen atoms in total. The van der Waals surface area contributed by atoms with Crippen LogP contribution in [0.1, 0.15) is 24.8 Å². The summed E-state index contributed by atoms with van der Waals surface area (Å²) in [4.78, 5) is 53.8. The average molecular weight is 463 g/mol. The summed E-state index contributed by atoms with van der Waals surface area (Å²) in [7, 11) is 2.41. The van der Waals surface area contributed by atoms with Gasteiger partial charge in [-0.1, -0.05) is 28.1 Å². The van der Waals surface area contributed by atoms with Gasteiger partial charge in [0, 0.05) is 29.4 Å². The van der Waals surface area contributed by atoms with Gasteiger partial charge >= 0.3 is 11.9 Å². The number of hydrogen-bond donors (Lipinski definition) is 0. The van der Waals surface area contributed by atoms with Crippen LogP contribution in [-0.2, 0) is 28.7 Å². The Bertz CT molecular complexity index is 926. The van der Waals surface area contributed by atoms with Crippen molar-refractivity contribution >= 4 is 51.4 Å². The molecule has 9 heteroatoms. The van der Waals surface area contributed by atoms with E-state index in [1.54, 1.807) is 11.0 Å². The molecule has 3 heterocycles. The molecule has 0 aliphatic carbocycles. The summed E-state index contributed by atoms with van der Waals surface area (Å²) in [6, 6.07) is 4.79. The largest absolute Gasteiger partial charge is 0.468 e.